The third-order valence-electron chi connectivity index (χ3n) is 22.0. The van der Waals surface area contributed by atoms with Gasteiger partial charge in [0.1, 0.15) is 28.2 Å². The van der Waals surface area contributed by atoms with E-state index in [0.717, 1.165) is 111 Å². The Kier molecular flexibility index (Phi) is 14.4. The molecule has 5 atom stereocenters. The highest BCUT2D eigenvalue weighted by molar-refractivity contribution is 6.12. The SMILES string of the molecule is [2H]C([2H])([2H])C([2H])(C)c1ccc(-c2c(C)ccc3c2oc2nc(C(C)(C)C)ccc23)[n+](C)c1.[2H]C([2H])([2H])C([2H])(C)c1ccc(-c2c(C)ccc3c2oc2nc(C4([2H])C([2H])([2H])CCCC4([2H])[2H])ccc23)[n+](C)c1.[2H]C([2H])([2H])C([2H])(C)c1ccc(-c2c(C)ccc3c2oc2nc(C4([2H])CCCC4([2H])[2H])ccc23)[n+](C)c1.[2H]C([2H])([2H])C([2H])(C)c1ccc(-c2c(C)ccc3c2oc2nc(CC(C)(C([2H])([2H])[2H])C([2H])([2H])[2H])ccc23)[n+](C)c1. The quantitative estimate of drug-likeness (QED) is 0.117. The van der Waals surface area contributed by atoms with Gasteiger partial charge in [-0.15, -0.1) is 0 Å². The van der Waals surface area contributed by atoms with Crippen LogP contribution in [0.5, 0.6) is 0 Å². The molecule has 116 heavy (non-hydrogen) atoms. The zero-order valence-electron chi connectivity index (χ0n) is 98.8. The van der Waals surface area contributed by atoms with Crippen LogP contribution < -0.4 is 18.3 Å². The molecule has 0 aliphatic heterocycles. The first-order valence-corrected chi connectivity index (χ1v) is 39.3. The molecule has 4 aromatic carbocycles. The predicted octanol–water partition coefficient (Wildman–Crippen LogP) is 26.2. The Labute approximate surface area is 728 Å². The van der Waals surface area contributed by atoms with Gasteiger partial charge in [0.05, 0.1) is 22.3 Å². The molecule has 0 spiro atoms. The van der Waals surface area contributed by atoms with Gasteiger partial charge in [-0.05, 0) is 184 Å². The summed E-state index contributed by atoms with van der Waals surface area (Å²) in [5.74, 6) is -10.6. The largest absolute Gasteiger partial charge is 0.437 e. The van der Waals surface area contributed by atoms with Gasteiger partial charge in [-0.1, -0.05) is 177 Å². The van der Waals surface area contributed by atoms with Crippen molar-refractivity contribution in [3.8, 4) is 45.0 Å². The summed E-state index contributed by atoms with van der Waals surface area (Å²) in [4.78, 5) is 18.5. The molecule has 596 valence electrons. The molecule has 2 saturated carbocycles. The van der Waals surface area contributed by atoms with E-state index in [1.54, 1.807) is 109 Å². The Balaban J connectivity index is 0.000000147. The van der Waals surface area contributed by atoms with Crippen molar-refractivity contribution in [1.82, 2.24) is 19.9 Å². The third kappa shape index (κ3) is 16.1. The highest BCUT2D eigenvalue weighted by Crippen LogP contribution is 2.44. The molecule has 0 N–H and O–H groups in total. The summed E-state index contributed by atoms with van der Waals surface area (Å²) in [5.41, 5.74) is 15.2. The summed E-state index contributed by atoms with van der Waals surface area (Å²) in [7, 11) is 7.24. The molecule has 0 bridgehead atoms. The van der Waals surface area contributed by atoms with Crippen molar-refractivity contribution < 1.29 is 77.1 Å². The van der Waals surface area contributed by atoms with E-state index in [1.165, 1.54) is 40.7 Å². The number of fused-ring (bicyclic) bond motifs is 12. The Hall–Kier alpha value is -10.7. The lowest BCUT2D eigenvalue weighted by Crippen LogP contribution is -2.31. The molecule has 12 nitrogen and oxygen atoms in total. The molecule has 5 unspecified atom stereocenters. The van der Waals surface area contributed by atoms with Gasteiger partial charge in [-0.2, -0.15) is 0 Å². The maximum atomic E-state index is 9.02. The van der Waals surface area contributed by atoms with E-state index in [0.29, 0.717) is 98.3 Å². The van der Waals surface area contributed by atoms with Crippen LogP contribution in [0.2, 0.25) is 0 Å². The minimum Gasteiger partial charge on any atom is -0.437 e. The van der Waals surface area contributed by atoms with Crippen molar-refractivity contribution >= 4 is 88.3 Å². The van der Waals surface area contributed by atoms with Gasteiger partial charge in [-0.25, -0.2) is 38.2 Å². The van der Waals surface area contributed by atoms with Gasteiger partial charge in [0.25, 0.3) is 0 Å². The molecule has 16 aromatic rings. The van der Waals surface area contributed by atoms with E-state index < -0.39 is 101 Å². The number of aromatic nitrogens is 8. The monoisotopic (exact) mass is 1580 g/mol. The van der Waals surface area contributed by atoms with Crippen molar-refractivity contribution in [2.45, 2.75) is 229 Å². The number of aryl methyl sites for hydroxylation is 8. The van der Waals surface area contributed by atoms with Gasteiger partial charge in [0.2, 0.25) is 45.6 Å². The molecule has 18 rings (SSSR count). The van der Waals surface area contributed by atoms with Crippen molar-refractivity contribution in [2.24, 2.45) is 33.6 Å². The van der Waals surface area contributed by atoms with Crippen molar-refractivity contribution in [3.63, 3.8) is 0 Å². The molecule has 12 heterocycles. The molecule has 2 aliphatic carbocycles. The van der Waals surface area contributed by atoms with Crippen molar-refractivity contribution in [3.05, 3.63) is 238 Å². The van der Waals surface area contributed by atoms with E-state index in [9.17, 15) is 0 Å². The normalized spacial score (nSPS) is 23.1. The Bertz CT molecular complexity index is 7810. The number of nitrogens with zero attached hydrogens (tertiary/aromatic N) is 8. The Morgan fingerprint density at radius 2 is 0.707 bits per heavy atom. The van der Waals surface area contributed by atoms with Gasteiger partial charge in [0.15, 0.2) is 47.1 Å². The van der Waals surface area contributed by atoms with Gasteiger partial charge < -0.3 is 17.7 Å². The fourth-order valence-electron chi connectivity index (χ4n) is 15.7. The highest BCUT2D eigenvalue weighted by Gasteiger charge is 2.30. The molecule has 0 radical (unpaired) electrons. The zero-order valence-corrected chi connectivity index (χ0v) is 68.8. The Morgan fingerprint density at radius 3 is 1.04 bits per heavy atom. The molecule has 2 aliphatic rings. The summed E-state index contributed by atoms with van der Waals surface area (Å²) in [5, 5.41) is 6.50. The van der Waals surface area contributed by atoms with Crippen LogP contribution in [0.4, 0.5) is 0 Å². The second-order valence-corrected chi connectivity index (χ2v) is 32.3. The molecule has 0 saturated heterocycles. The van der Waals surface area contributed by atoms with Gasteiger partial charge in [-0.3, -0.25) is 0 Å². The first-order chi connectivity index (χ1) is 67.0. The van der Waals surface area contributed by atoms with E-state index in [4.69, 9.17) is 63.8 Å². The summed E-state index contributed by atoms with van der Waals surface area (Å²) in [6.45, 7) is 5.66. The molecular formula is C104H120N8O4+4. The summed E-state index contributed by atoms with van der Waals surface area (Å²) >= 11 is 0. The fraction of sp³-hybridized carbons (Fsp3) is 0.385. The predicted molar refractivity (Wildman–Crippen MR) is 477 cm³/mol. The van der Waals surface area contributed by atoms with Gasteiger partial charge in [0, 0.05) is 171 Å². The van der Waals surface area contributed by atoms with E-state index in [2.05, 4.69) is 60.0 Å². The number of rotatable bonds is 11. The lowest BCUT2D eigenvalue weighted by molar-refractivity contribution is -0.661. The van der Waals surface area contributed by atoms with Gasteiger partial charge >= 0.3 is 0 Å². The van der Waals surface area contributed by atoms with Crippen LogP contribution in [0, 0.1) is 33.1 Å². The van der Waals surface area contributed by atoms with Crippen LogP contribution in [0.15, 0.2) is 188 Å². The van der Waals surface area contributed by atoms with Crippen molar-refractivity contribution in [2.75, 3.05) is 0 Å². The minimum absolute atomic E-state index is 0.00339. The van der Waals surface area contributed by atoms with Crippen LogP contribution in [-0.4, -0.2) is 19.9 Å². The van der Waals surface area contributed by atoms with Crippen LogP contribution in [-0.2, 0) is 40.0 Å². The number of benzene rings is 4. The first-order valence-electron chi connectivity index (χ1n) is 54.3. The molecule has 2 fully saturated rings. The second kappa shape index (κ2) is 32.4. The lowest BCUT2D eigenvalue weighted by atomic mass is 9.86. The summed E-state index contributed by atoms with van der Waals surface area (Å²) in [6.07, 6.45) is 2.42. The Morgan fingerprint density at radius 1 is 0.388 bits per heavy atom. The molecule has 12 heteroatoms. The second-order valence-electron chi connectivity index (χ2n) is 32.3. The first kappa shape index (κ1) is 51.4. The highest BCUT2D eigenvalue weighted by atomic mass is 16.4. The van der Waals surface area contributed by atoms with E-state index in [1.807, 2.05) is 106 Å². The summed E-state index contributed by atoms with van der Waals surface area (Å²) < 4.78 is 275. The standard InChI is InChI=1S/C27H31N2O.C26H29N2O.C26H31N2O.C25H29N2O/c1-17(2)20-11-15-24(29(4)16-20)25-18(3)10-12-21-22-13-14-23(19-8-6-5-7-9-19)28-27(22)30-26(21)25;1-16(2)19-10-14-23(28(4)15-19)24-17(3)9-11-20-21-12-13-22(18-7-5-6-8-18)27-26(21)29-25(20)24;1-16(2)18-9-13-22(28(7)15-18)23-17(3)8-11-20-21-12-10-19(14-26(4,5)6)27-25(21)29-24(20)23;1-15(2)17-9-12-20(27(7)14-17)22-16(3)8-10-18-19-11-13-21(25(4,5)6)26-24(19)28-23(18)22/h10-17,19H,5-9H2,1-4H3;9-16,18H,5-8H2,1-4H3;8-13,15-16H,14H2,1-7H3;8-15H,1-7H3/q4*+1/i1D3,8D2,9D2,17D,19D;1D3,7D2,16D,18D;1D3,4D3,5D3,16D;1D3,15D. The number of hydrogen-bond acceptors (Lipinski definition) is 8. The maximum absolute atomic E-state index is 9.02. The fourth-order valence-corrected chi connectivity index (χ4v) is 15.7. The average Bonchev–Trinajstić information content (AvgIpc) is 1.70. The molecule has 12 aromatic heterocycles. The zero-order chi connectivity index (χ0) is 108. The van der Waals surface area contributed by atoms with E-state index >= 15 is 0 Å². The van der Waals surface area contributed by atoms with Crippen molar-refractivity contribution in [1.29, 1.82) is 0 Å². The molecular weight excluding hydrogens is 1430 g/mol. The number of hydrogen-bond donors (Lipinski definition) is 0. The lowest BCUT2D eigenvalue weighted by Gasteiger charge is -2.20. The number of pyridine rings is 8. The number of furan rings is 4. The van der Waals surface area contributed by atoms with E-state index in [-0.39, 0.29) is 41.8 Å². The smallest absolute Gasteiger partial charge is 0.227 e. The molecule has 0 amide bonds. The minimum atomic E-state index is -2.73. The summed E-state index contributed by atoms with van der Waals surface area (Å²) in [6, 6.07) is 44.0. The third-order valence-corrected chi connectivity index (χ3v) is 22.0. The van der Waals surface area contributed by atoms with Crippen LogP contribution >= 0.6 is 0 Å². The topological polar surface area (TPSA) is 120 Å². The maximum Gasteiger partial charge on any atom is 0.227 e. The van der Waals surface area contributed by atoms with Crippen LogP contribution in [0.1, 0.15) is 298 Å². The van der Waals surface area contributed by atoms with Crippen LogP contribution in [0.25, 0.3) is 133 Å². The van der Waals surface area contributed by atoms with Crippen LogP contribution in [0.3, 0.4) is 0 Å². The average molecular weight is 1580 g/mol.